The van der Waals surface area contributed by atoms with Crippen molar-refractivity contribution >= 4 is 22.5 Å². The Balaban J connectivity index is 2.29. The van der Waals surface area contributed by atoms with Gasteiger partial charge in [0.25, 0.3) is 0 Å². The minimum atomic E-state index is -0.331. The van der Waals surface area contributed by atoms with Crippen molar-refractivity contribution in [2.45, 2.75) is 25.2 Å². The van der Waals surface area contributed by atoms with E-state index in [9.17, 15) is 4.39 Å². The summed E-state index contributed by atoms with van der Waals surface area (Å²) in [6.07, 6.45) is 3.43. The molecule has 0 N–H and O–H groups in total. The molecule has 0 spiro atoms. The van der Waals surface area contributed by atoms with Crippen molar-refractivity contribution in [3.8, 4) is 0 Å². The molecule has 2 aromatic rings. The maximum absolute atomic E-state index is 13.6. The number of para-hydroxylation sites is 1. The predicted octanol–water partition coefficient (Wildman–Crippen LogP) is 3.69. The number of benzene rings is 1. The Labute approximate surface area is 97.5 Å². The fraction of sp³-hybridized carbons (Fsp3) is 0.333. The van der Waals surface area contributed by atoms with Crippen molar-refractivity contribution in [1.82, 2.24) is 9.97 Å². The van der Waals surface area contributed by atoms with E-state index in [1.54, 1.807) is 6.07 Å². The average molecular weight is 237 g/mol. The number of halogens is 2. The Kier molecular flexibility index (Phi) is 2.28. The van der Waals surface area contributed by atoms with Gasteiger partial charge >= 0.3 is 0 Å². The molecule has 0 atom stereocenters. The summed E-state index contributed by atoms with van der Waals surface area (Å²) in [4.78, 5) is 8.21. The molecule has 1 heterocycles. The monoisotopic (exact) mass is 236 g/mol. The van der Waals surface area contributed by atoms with E-state index in [1.165, 1.54) is 12.5 Å². The van der Waals surface area contributed by atoms with Gasteiger partial charge in [-0.25, -0.2) is 14.4 Å². The maximum Gasteiger partial charge on any atom is 0.223 e. The fourth-order valence-corrected chi connectivity index (χ4v) is 2.28. The normalized spacial score (nSPS) is 16.4. The summed E-state index contributed by atoms with van der Waals surface area (Å²) in [5.41, 5.74) is 1.24. The van der Waals surface area contributed by atoms with Crippen molar-refractivity contribution in [3.05, 3.63) is 35.0 Å². The Morgan fingerprint density at radius 2 is 2.06 bits per heavy atom. The molecule has 0 bridgehead atoms. The average Bonchev–Trinajstić information content (AvgIpc) is 2.17. The lowest BCUT2D eigenvalue weighted by molar-refractivity contribution is 0.413. The van der Waals surface area contributed by atoms with Gasteiger partial charge in [-0.05, 0) is 30.5 Å². The van der Waals surface area contributed by atoms with Gasteiger partial charge < -0.3 is 0 Å². The van der Waals surface area contributed by atoms with Crippen molar-refractivity contribution in [2.75, 3.05) is 0 Å². The Morgan fingerprint density at radius 3 is 2.75 bits per heavy atom. The quantitative estimate of drug-likeness (QED) is 0.706. The molecule has 0 unspecified atom stereocenters. The topological polar surface area (TPSA) is 25.8 Å². The molecule has 2 nitrogen and oxygen atoms in total. The molecule has 1 fully saturated rings. The van der Waals surface area contributed by atoms with E-state index in [0.717, 1.165) is 23.9 Å². The minimum Gasteiger partial charge on any atom is -0.222 e. The third kappa shape index (κ3) is 1.47. The second-order valence-corrected chi connectivity index (χ2v) is 4.48. The lowest BCUT2D eigenvalue weighted by Crippen LogP contribution is -2.12. The molecule has 1 saturated carbocycles. The predicted molar refractivity (Wildman–Crippen MR) is 61.1 cm³/mol. The maximum atomic E-state index is 13.6. The second-order valence-electron chi connectivity index (χ2n) is 4.14. The Bertz CT molecular complexity index is 552. The van der Waals surface area contributed by atoms with Gasteiger partial charge in [-0.1, -0.05) is 18.6 Å². The van der Waals surface area contributed by atoms with Crippen LogP contribution in [0.25, 0.3) is 10.9 Å². The molecule has 1 aliphatic carbocycles. The van der Waals surface area contributed by atoms with Crippen molar-refractivity contribution < 1.29 is 4.39 Å². The van der Waals surface area contributed by atoms with Crippen molar-refractivity contribution in [3.63, 3.8) is 0 Å². The van der Waals surface area contributed by atoms with E-state index in [1.807, 2.05) is 6.07 Å². The van der Waals surface area contributed by atoms with Crippen LogP contribution in [-0.4, -0.2) is 9.97 Å². The molecular formula is C12H10ClFN2. The highest BCUT2D eigenvalue weighted by Gasteiger charge is 2.24. The molecule has 0 aliphatic heterocycles. The third-order valence-corrected chi connectivity index (χ3v) is 3.34. The van der Waals surface area contributed by atoms with Gasteiger partial charge in [-0.3, -0.25) is 0 Å². The highest BCUT2D eigenvalue weighted by Crippen LogP contribution is 2.38. The van der Waals surface area contributed by atoms with Crippen molar-refractivity contribution in [1.29, 1.82) is 0 Å². The van der Waals surface area contributed by atoms with Gasteiger partial charge in [0.2, 0.25) is 5.28 Å². The number of hydrogen-bond donors (Lipinski definition) is 0. The second kappa shape index (κ2) is 3.67. The molecule has 1 aromatic heterocycles. The zero-order chi connectivity index (χ0) is 11.1. The van der Waals surface area contributed by atoms with Crippen LogP contribution in [0.5, 0.6) is 0 Å². The molecule has 1 aliphatic rings. The molecular weight excluding hydrogens is 227 g/mol. The van der Waals surface area contributed by atoms with Crippen LogP contribution in [0.15, 0.2) is 18.2 Å². The molecule has 0 amide bonds. The molecule has 3 rings (SSSR count). The highest BCUT2D eigenvalue weighted by atomic mass is 35.5. The lowest BCUT2D eigenvalue weighted by Gasteiger charge is -2.25. The summed E-state index contributed by atoms with van der Waals surface area (Å²) >= 11 is 5.83. The van der Waals surface area contributed by atoms with Crippen LogP contribution in [0.1, 0.15) is 30.9 Å². The summed E-state index contributed by atoms with van der Waals surface area (Å²) in [6, 6.07) is 4.95. The van der Waals surface area contributed by atoms with E-state index >= 15 is 0 Å². The standard InChI is InChI=1S/C12H10ClFN2/c13-12-15-10(7-3-1-4-7)8-5-2-6-9(14)11(8)16-12/h2,5-7H,1,3-4H2. The number of fused-ring (bicyclic) bond motifs is 1. The molecule has 0 saturated heterocycles. The van der Waals surface area contributed by atoms with E-state index in [0.29, 0.717) is 11.4 Å². The van der Waals surface area contributed by atoms with Crippen LogP contribution in [-0.2, 0) is 0 Å². The fourth-order valence-electron chi connectivity index (χ4n) is 2.11. The van der Waals surface area contributed by atoms with Crippen LogP contribution in [0.2, 0.25) is 5.28 Å². The van der Waals surface area contributed by atoms with Crippen LogP contribution >= 0.6 is 11.6 Å². The van der Waals surface area contributed by atoms with Gasteiger partial charge in [0, 0.05) is 11.3 Å². The van der Waals surface area contributed by atoms with Crippen LogP contribution in [0, 0.1) is 5.82 Å². The van der Waals surface area contributed by atoms with Gasteiger partial charge in [0.05, 0.1) is 5.69 Å². The Hall–Kier alpha value is -1.22. The lowest BCUT2D eigenvalue weighted by atomic mass is 9.81. The molecule has 16 heavy (non-hydrogen) atoms. The van der Waals surface area contributed by atoms with Crippen LogP contribution in [0.3, 0.4) is 0 Å². The SMILES string of the molecule is Fc1cccc2c(C3CCC3)nc(Cl)nc12. The van der Waals surface area contributed by atoms with Gasteiger partial charge in [-0.2, -0.15) is 0 Å². The van der Waals surface area contributed by atoms with Crippen LogP contribution in [0.4, 0.5) is 4.39 Å². The Morgan fingerprint density at radius 1 is 1.25 bits per heavy atom. The largest absolute Gasteiger partial charge is 0.223 e. The van der Waals surface area contributed by atoms with E-state index in [-0.39, 0.29) is 11.1 Å². The van der Waals surface area contributed by atoms with Gasteiger partial charge in [-0.15, -0.1) is 0 Å². The number of hydrogen-bond acceptors (Lipinski definition) is 2. The summed E-state index contributed by atoms with van der Waals surface area (Å²) in [5.74, 6) is 0.0900. The first-order valence-corrected chi connectivity index (χ1v) is 5.75. The summed E-state index contributed by atoms with van der Waals surface area (Å²) in [5, 5.41) is 0.939. The first-order chi connectivity index (χ1) is 7.75. The summed E-state index contributed by atoms with van der Waals surface area (Å²) in [7, 11) is 0. The molecule has 0 radical (unpaired) electrons. The number of rotatable bonds is 1. The van der Waals surface area contributed by atoms with Crippen molar-refractivity contribution in [2.24, 2.45) is 0 Å². The van der Waals surface area contributed by atoms with E-state index in [4.69, 9.17) is 11.6 Å². The molecule has 82 valence electrons. The van der Waals surface area contributed by atoms with Gasteiger partial charge in [0.1, 0.15) is 11.3 Å². The first kappa shape index (κ1) is 9.97. The summed E-state index contributed by atoms with van der Waals surface area (Å²) < 4.78 is 13.6. The van der Waals surface area contributed by atoms with E-state index in [2.05, 4.69) is 9.97 Å². The number of aromatic nitrogens is 2. The third-order valence-electron chi connectivity index (χ3n) is 3.17. The van der Waals surface area contributed by atoms with Gasteiger partial charge in [0.15, 0.2) is 0 Å². The molecule has 4 heteroatoms. The first-order valence-electron chi connectivity index (χ1n) is 5.37. The van der Waals surface area contributed by atoms with Crippen LogP contribution < -0.4 is 0 Å². The zero-order valence-corrected chi connectivity index (χ0v) is 9.34. The zero-order valence-electron chi connectivity index (χ0n) is 8.58. The highest BCUT2D eigenvalue weighted by molar-refractivity contribution is 6.28. The smallest absolute Gasteiger partial charge is 0.222 e. The van der Waals surface area contributed by atoms with E-state index < -0.39 is 0 Å². The summed E-state index contributed by atoms with van der Waals surface area (Å²) in [6.45, 7) is 0. The minimum absolute atomic E-state index is 0.138. The molecule has 1 aromatic carbocycles. The number of nitrogens with zero attached hydrogens (tertiary/aromatic N) is 2.